The van der Waals surface area contributed by atoms with Gasteiger partial charge in [-0.25, -0.2) is 0 Å². The maximum absolute atomic E-state index is 6.50. The maximum atomic E-state index is 6.50. The van der Waals surface area contributed by atoms with Crippen molar-refractivity contribution < 1.29 is 0 Å². The number of pyridine rings is 1. The summed E-state index contributed by atoms with van der Waals surface area (Å²) in [4.78, 5) is 8.37. The molecule has 0 fully saturated rings. The van der Waals surface area contributed by atoms with Gasteiger partial charge in [0.25, 0.3) is 0 Å². The third-order valence-corrected chi connectivity index (χ3v) is 5.45. The number of aromatic amines is 1. The molecule has 2 heterocycles. The van der Waals surface area contributed by atoms with Gasteiger partial charge in [-0.2, -0.15) is 0 Å². The van der Waals surface area contributed by atoms with Crippen LogP contribution in [-0.4, -0.2) is 16.0 Å². The lowest BCUT2D eigenvalue weighted by atomic mass is 10.0. The first-order valence-corrected chi connectivity index (χ1v) is 11.4. The molecule has 0 saturated heterocycles. The van der Waals surface area contributed by atoms with Crippen molar-refractivity contribution in [2.24, 2.45) is 0 Å². The molecule has 5 heteroatoms. The van der Waals surface area contributed by atoms with Crippen LogP contribution in [0.4, 0.5) is 5.69 Å². The van der Waals surface area contributed by atoms with Gasteiger partial charge in [0.15, 0.2) is 0 Å². The van der Waals surface area contributed by atoms with Crippen LogP contribution in [0.2, 0.25) is 10.0 Å². The molecule has 3 nitrogen and oxygen atoms in total. The van der Waals surface area contributed by atoms with Crippen molar-refractivity contribution in [1.29, 1.82) is 0 Å². The van der Waals surface area contributed by atoms with Gasteiger partial charge in [-0.3, -0.25) is 4.98 Å². The molecular weight excluding hydrogens is 401 g/mol. The van der Waals surface area contributed by atoms with E-state index in [1.807, 2.05) is 32.9 Å². The van der Waals surface area contributed by atoms with E-state index in [9.17, 15) is 0 Å². The summed E-state index contributed by atoms with van der Waals surface area (Å²) in [5, 5.41) is 5.03. The number of rotatable bonds is 7. The summed E-state index contributed by atoms with van der Waals surface area (Å²) < 4.78 is 0. The second kappa shape index (κ2) is 10.9. The first kappa shape index (κ1) is 23.6. The molecule has 1 aromatic carbocycles. The van der Waals surface area contributed by atoms with Gasteiger partial charge in [0.05, 0.1) is 21.7 Å². The fraction of sp³-hybridized carbons (Fsp3) is 0.458. The summed E-state index contributed by atoms with van der Waals surface area (Å²) in [6.07, 6.45) is 4.65. The predicted molar refractivity (Wildman–Crippen MR) is 130 cm³/mol. The molecule has 0 bridgehead atoms. The van der Waals surface area contributed by atoms with E-state index >= 15 is 0 Å². The Bertz CT molecular complexity index is 941. The smallest absolute Gasteiger partial charge is 0.0985 e. The van der Waals surface area contributed by atoms with Crippen LogP contribution >= 0.6 is 23.2 Å². The normalized spacial score (nSPS) is 10.9. The molecule has 0 amide bonds. The average molecular weight is 434 g/mol. The number of anilines is 1. The van der Waals surface area contributed by atoms with Crippen molar-refractivity contribution in [3.05, 3.63) is 45.7 Å². The van der Waals surface area contributed by atoms with Gasteiger partial charge in [0, 0.05) is 33.6 Å². The highest BCUT2D eigenvalue weighted by Crippen LogP contribution is 2.39. The van der Waals surface area contributed by atoms with Gasteiger partial charge in [0.1, 0.15) is 0 Å². The van der Waals surface area contributed by atoms with Gasteiger partial charge >= 0.3 is 0 Å². The zero-order valence-electron chi connectivity index (χ0n) is 18.4. The molecule has 0 aliphatic carbocycles. The summed E-state index contributed by atoms with van der Waals surface area (Å²) in [6.45, 7) is 12.6. The third kappa shape index (κ3) is 5.46. The molecule has 29 heavy (non-hydrogen) atoms. The van der Waals surface area contributed by atoms with Gasteiger partial charge < -0.3 is 10.3 Å². The van der Waals surface area contributed by atoms with Crippen molar-refractivity contribution in [3.8, 4) is 11.1 Å². The number of aromatic nitrogens is 2. The van der Waals surface area contributed by atoms with Gasteiger partial charge in [-0.15, -0.1) is 0 Å². The lowest BCUT2D eigenvalue weighted by Crippen LogP contribution is -2.19. The van der Waals surface area contributed by atoms with Crippen LogP contribution in [0.1, 0.15) is 64.8 Å². The Hall–Kier alpha value is -1.71. The lowest BCUT2D eigenvalue weighted by Gasteiger charge is -2.19. The number of nitrogens with one attached hydrogen (secondary N) is 2. The van der Waals surface area contributed by atoms with E-state index in [-0.39, 0.29) is 0 Å². The summed E-state index contributed by atoms with van der Waals surface area (Å²) >= 11 is 12.6. The Balaban J connectivity index is 0.00000145. The zero-order valence-corrected chi connectivity index (χ0v) is 19.9. The number of nitrogens with zero attached hydrogens (tertiary/aromatic N) is 1. The third-order valence-electron chi connectivity index (χ3n) is 4.91. The lowest BCUT2D eigenvalue weighted by molar-refractivity contribution is 0.586. The Labute approximate surface area is 185 Å². The molecule has 3 aromatic rings. The summed E-state index contributed by atoms with van der Waals surface area (Å²) in [6, 6.07) is 8.22. The van der Waals surface area contributed by atoms with E-state index in [1.165, 1.54) is 12.8 Å². The SMILES string of the molecule is CC.CCCC(CCC)Nc1cc(C)nc2c(-c3ccc(Cl)cc3Cl)c(C)[nH]c12. The number of fused-ring (bicyclic) bond motifs is 1. The zero-order chi connectivity index (χ0) is 21.6. The summed E-state index contributed by atoms with van der Waals surface area (Å²) in [5.74, 6) is 0. The quantitative estimate of drug-likeness (QED) is 0.391. The molecule has 0 unspecified atom stereocenters. The minimum Gasteiger partial charge on any atom is -0.381 e. The predicted octanol–water partition coefficient (Wildman–Crippen LogP) is 8.56. The second-order valence-corrected chi connectivity index (χ2v) is 8.05. The molecule has 3 rings (SSSR count). The first-order chi connectivity index (χ1) is 13.9. The van der Waals surface area contributed by atoms with Gasteiger partial charge in [-0.05, 0) is 44.9 Å². The molecule has 0 saturated carbocycles. The molecule has 0 radical (unpaired) electrons. The van der Waals surface area contributed by atoms with Crippen LogP contribution in [0.5, 0.6) is 0 Å². The molecule has 158 valence electrons. The van der Waals surface area contributed by atoms with Crippen LogP contribution in [0.25, 0.3) is 22.2 Å². The number of aryl methyl sites for hydroxylation is 2. The minimum absolute atomic E-state index is 0.469. The number of hydrogen-bond donors (Lipinski definition) is 2. The maximum Gasteiger partial charge on any atom is 0.0985 e. The number of benzene rings is 1. The highest BCUT2D eigenvalue weighted by molar-refractivity contribution is 6.36. The van der Waals surface area contributed by atoms with E-state index in [4.69, 9.17) is 28.2 Å². The van der Waals surface area contributed by atoms with Crippen LogP contribution in [0.15, 0.2) is 24.3 Å². The second-order valence-electron chi connectivity index (χ2n) is 7.20. The van der Waals surface area contributed by atoms with E-state index in [1.54, 1.807) is 6.07 Å². The van der Waals surface area contributed by atoms with Crippen molar-refractivity contribution >= 4 is 39.9 Å². The Morgan fingerprint density at radius 3 is 2.28 bits per heavy atom. The monoisotopic (exact) mass is 433 g/mol. The van der Waals surface area contributed by atoms with Crippen LogP contribution < -0.4 is 5.32 Å². The molecule has 0 atom stereocenters. The number of hydrogen-bond acceptors (Lipinski definition) is 2. The van der Waals surface area contributed by atoms with Crippen molar-refractivity contribution in [3.63, 3.8) is 0 Å². The molecule has 0 aliphatic heterocycles. The summed E-state index contributed by atoms with van der Waals surface area (Å²) in [5.41, 5.74) is 7.14. The minimum atomic E-state index is 0.469. The largest absolute Gasteiger partial charge is 0.381 e. The molecule has 2 N–H and O–H groups in total. The highest BCUT2D eigenvalue weighted by Gasteiger charge is 2.19. The topological polar surface area (TPSA) is 40.7 Å². The van der Waals surface area contributed by atoms with Crippen LogP contribution in [0.3, 0.4) is 0 Å². The van der Waals surface area contributed by atoms with Crippen LogP contribution in [0, 0.1) is 13.8 Å². The number of H-pyrrole nitrogens is 1. The Kier molecular flexibility index (Phi) is 8.85. The van der Waals surface area contributed by atoms with E-state index in [0.29, 0.717) is 16.1 Å². The van der Waals surface area contributed by atoms with E-state index in [0.717, 1.165) is 52.1 Å². The van der Waals surface area contributed by atoms with Gasteiger partial charge in [-0.1, -0.05) is 69.8 Å². The molecule has 0 spiro atoms. The molecule has 2 aromatic heterocycles. The van der Waals surface area contributed by atoms with Crippen LogP contribution in [-0.2, 0) is 0 Å². The fourth-order valence-corrected chi connectivity index (χ4v) is 4.25. The first-order valence-electron chi connectivity index (χ1n) is 10.7. The van der Waals surface area contributed by atoms with E-state index in [2.05, 4.69) is 37.1 Å². The highest BCUT2D eigenvalue weighted by atomic mass is 35.5. The summed E-state index contributed by atoms with van der Waals surface area (Å²) in [7, 11) is 0. The standard InChI is InChI=1S/C22H27Cl2N3.C2H6/c1-5-7-16(8-6-2)27-19-11-13(3)25-22-20(14(4)26-21(19)22)17-10-9-15(23)12-18(17)24;1-2/h9-12,16,26H,5-8H2,1-4H3,(H,25,27);1-2H3. The number of halogens is 2. The Morgan fingerprint density at radius 1 is 1.03 bits per heavy atom. The average Bonchev–Trinajstić information content (AvgIpc) is 3.00. The van der Waals surface area contributed by atoms with Crippen molar-refractivity contribution in [1.82, 2.24) is 9.97 Å². The van der Waals surface area contributed by atoms with E-state index < -0.39 is 0 Å². The van der Waals surface area contributed by atoms with Gasteiger partial charge in [0.2, 0.25) is 0 Å². The Morgan fingerprint density at radius 2 is 1.69 bits per heavy atom. The fourth-order valence-electron chi connectivity index (χ4n) is 3.75. The van der Waals surface area contributed by atoms with Crippen molar-refractivity contribution in [2.45, 2.75) is 73.3 Å². The van der Waals surface area contributed by atoms with Crippen molar-refractivity contribution in [2.75, 3.05) is 5.32 Å². The molecule has 0 aliphatic rings. The molecular formula is C24H33Cl2N3.